The van der Waals surface area contributed by atoms with Crippen molar-refractivity contribution in [2.45, 2.75) is 97.1 Å². The fraction of sp³-hybridized carbons (Fsp3) is 0.385. The average molecular weight is 598 g/mol. The van der Waals surface area contributed by atoms with Crippen molar-refractivity contribution in [3.05, 3.63) is 118 Å². The van der Waals surface area contributed by atoms with Crippen molar-refractivity contribution < 1.29 is 18.6 Å². The Kier molecular flexibility index (Phi) is 6.73. The lowest BCUT2D eigenvalue weighted by Crippen LogP contribution is -2.41. The largest absolute Gasteiger partial charge is 0.494 e. The SMILES string of the molecule is Cc1cccc(C2(c3cccc(C)c3)c3cc(B4OC(C)(C)C(C)(C)O4)ccc3-c3ccc(B4OC(C)(C)C(C)(C)O4)cc32)c1. The van der Waals surface area contributed by atoms with Crippen molar-refractivity contribution in [2.24, 2.45) is 0 Å². The van der Waals surface area contributed by atoms with Crippen molar-refractivity contribution in [1.82, 2.24) is 0 Å². The van der Waals surface area contributed by atoms with Gasteiger partial charge in [0.1, 0.15) is 0 Å². The third-order valence-electron chi connectivity index (χ3n) is 11.1. The van der Waals surface area contributed by atoms with Crippen molar-refractivity contribution in [1.29, 1.82) is 0 Å². The molecule has 45 heavy (non-hydrogen) atoms. The second kappa shape index (κ2) is 9.92. The summed E-state index contributed by atoms with van der Waals surface area (Å²) in [6.07, 6.45) is 0. The lowest BCUT2D eigenvalue weighted by molar-refractivity contribution is 0.00578. The highest BCUT2D eigenvalue weighted by Crippen LogP contribution is 2.56. The molecule has 3 aliphatic rings. The van der Waals surface area contributed by atoms with E-state index in [1.54, 1.807) is 0 Å². The van der Waals surface area contributed by atoms with Crippen LogP contribution in [0.4, 0.5) is 0 Å². The zero-order valence-electron chi connectivity index (χ0n) is 28.4. The first kappa shape index (κ1) is 30.5. The minimum absolute atomic E-state index is 0.429. The third-order valence-corrected chi connectivity index (χ3v) is 11.1. The molecule has 0 amide bonds. The minimum Gasteiger partial charge on any atom is -0.399 e. The van der Waals surface area contributed by atoms with Gasteiger partial charge >= 0.3 is 14.2 Å². The molecule has 0 unspecified atom stereocenters. The highest BCUT2D eigenvalue weighted by atomic mass is 16.7. The fourth-order valence-corrected chi connectivity index (χ4v) is 7.16. The van der Waals surface area contributed by atoms with Gasteiger partial charge in [-0.1, -0.05) is 96.1 Å². The number of hydrogen-bond donors (Lipinski definition) is 0. The zero-order valence-corrected chi connectivity index (χ0v) is 28.4. The molecule has 0 atom stereocenters. The van der Waals surface area contributed by atoms with E-state index >= 15 is 0 Å². The van der Waals surface area contributed by atoms with Gasteiger partial charge in [0.25, 0.3) is 0 Å². The van der Waals surface area contributed by atoms with Crippen molar-refractivity contribution in [3.8, 4) is 11.1 Å². The van der Waals surface area contributed by atoms with Gasteiger partial charge in [0.2, 0.25) is 0 Å². The van der Waals surface area contributed by atoms with Gasteiger partial charge in [-0.3, -0.25) is 0 Å². The van der Waals surface area contributed by atoms with E-state index in [0.717, 1.165) is 10.9 Å². The van der Waals surface area contributed by atoms with Gasteiger partial charge in [-0.2, -0.15) is 0 Å². The maximum atomic E-state index is 6.58. The third kappa shape index (κ3) is 4.52. The number of aryl methyl sites for hydroxylation is 2. The maximum absolute atomic E-state index is 6.58. The first-order valence-corrected chi connectivity index (χ1v) is 16.2. The quantitative estimate of drug-likeness (QED) is 0.204. The van der Waals surface area contributed by atoms with Crippen LogP contribution >= 0.6 is 0 Å². The molecular weight excluding hydrogens is 554 g/mol. The summed E-state index contributed by atoms with van der Waals surface area (Å²) in [6, 6.07) is 31.5. The zero-order chi connectivity index (χ0) is 32.2. The Balaban J connectivity index is 1.50. The van der Waals surface area contributed by atoms with Gasteiger partial charge in [-0.25, -0.2) is 0 Å². The van der Waals surface area contributed by atoms with Crippen LogP contribution in [0.25, 0.3) is 11.1 Å². The Hall–Kier alpha value is -3.15. The standard InChI is InChI=1S/C39H44B2O4/c1-25-13-11-15-27(21-25)39(28-16-12-14-26(2)22-28)33-23-29(40-42-35(3,4)36(5,6)43-40)17-19-31(33)32-20-18-30(24-34(32)39)41-44-37(7,8)38(9,10)45-41/h11-24H,1-10H3. The lowest BCUT2D eigenvalue weighted by Gasteiger charge is -2.35. The molecule has 0 N–H and O–H groups in total. The molecule has 0 bridgehead atoms. The average Bonchev–Trinajstić information content (AvgIpc) is 3.47. The van der Waals surface area contributed by atoms with E-state index in [0.29, 0.717) is 0 Å². The molecule has 2 heterocycles. The van der Waals surface area contributed by atoms with E-state index < -0.39 is 42.1 Å². The summed E-state index contributed by atoms with van der Waals surface area (Å²) in [7, 11) is -0.922. The summed E-state index contributed by atoms with van der Waals surface area (Å²) < 4.78 is 26.3. The molecule has 0 saturated carbocycles. The molecule has 0 spiro atoms. The molecule has 6 heteroatoms. The number of benzene rings is 4. The highest BCUT2D eigenvalue weighted by molar-refractivity contribution is 6.62. The van der Waals surface area contributed by atoms with Gasteiger partial charge in [0, 0.05) is 0 Å². The Labute approximate surface area is 269 Å². The molecule has 7 rings (SSSR count). The van der Waals surface area contributed by atoms with Crippen LogP contribution in [0.3, 0.4) is 0 Å². The minimum atomic E-state index is -0.581. The Morgan fingerprint density at radius 1 is 0.444 bits per heavy atom. The molecule has 230 valence electrons. The molecular formula is C39H44B2O4. The molecule has 2 aliphatic heterocycles. The van der Waals surface area contributed by atoms with Crippen LogP contribution in [0.1, 0.15) is 88.8 Å². The molecule has 4 nitrogen and oxygen atoms in total. The Morgan fingerprint density at radius 2 is 0.800 bits per heavy atom. The van der Waals surface area contributed by atoms with Crippen LogP contribution in [0.15, 0.2) is 84.9 Å². The monoisotopic (exact) mass is 598 g/mol. The van der Waals surface area contributed by atoms with Gasteiger partial charge in [0.05, 0.1) is 27.8 Å². The van der Waals surface area contributed by atoms with E-state index in [4.69, 9.17) is 18.6 Å². The van der Waals surface area contributed by atoms with Gasteiger partial charge in [-0.15, -0.1) is 0 Å². The predicted octanol–water partition coefficient (Wildman–Crippen LogP) is 7.26. The first-order valence-electron chi connectivity index (χ1n) is 16.2. The van der Waals surface area contributed by atoms with Crippen molar-refractivity contribution in [3.63, 3.8) is 0 Å². The Morgan fingerprint density at radius 3 is 1.13 bits per heavy atom. The number of rotatable bonds is 4. The van der Waals surface area contributed by atoms with Crippen molar-refractivity contribution >= 4 is 25.2 Å². The van der Waals surface area contributed by atoms with Crippen LogP contribution in [0.2, 0.25) is 0 Å². The lowest BCUT2D eigenvalue weighted by atomic mass is 9.64. The van der Waals surface area contributed by atoms with Crippen LogP contribution in [-0.2, 0) is 24.0 Å². The van der Waals surface area contributed by atoms with Gasteiger partial charge < -0.3 is 18.6 Å². The van der Waals surface area contributed by atoms with Crippen LogP contribution < -0.4 is 10.9 Å². The van der Waals surface area contributed by atoms with E-state index in [2.05, 4.69) is 154 Å². The number of hydrogen-bond acceptors (Lipinski definition) is 4. The number of fused-ring (bicyclic) bond motifs is 3. The second-order valence-electron chi connectivity index (χ2n) is 15.3. The fourth-order valence-electron chi connectivity index (χ4n) is 7.16. The van der Waals surface area contributed by atoms with E-state index in [1.807, 2.05) is 0 Å². The van der Waals surface area contributed by atoms with E-state index in [1.165, 1.54) is 44.5 Å². The predicted molar refractivity (Wildman–Crippen MR) is 185 cm³/mol. The molecule has 0 aromatic heterocycles. The van der Waals surface area contributed by atoms with Crippen molar-refractivity contribution in [2.75, 3.05) is 0 Å². The van der Waals surface area contributed by atoms with Gasteiger partial charge in [-0.05, 0) is 114 Å². The summed E-state index contributed by atoms with van der Waals surface area (Å²) in [5.41, 5.74) is 9.54. The highest BCUT2D eigenvalue weighted by Gasteiger charge is 2.55. The maximum Gasteiger partial charge on any atom is 0.494 e. The molecule has 4 aromatic rings. The summed E-state index contributed by atoms with van der Waals surface area (Å²) in [5, 5.41) is 0. The molecule has 4 aromatic carbocycles. The van der Waals surface area contributed by atoms with E-state index in [9.17, 15) is 0 Å². The smallest absolute Gasteiger partial charge is 0.399 e. The summed E-state index contributed by atoms with van der Waals surface area (Å²) in [4.78, 5) is 0. The summed E-state index contributed by atoms with van der Waals surface area (Å²) >= 11 is 0. The van der Waals surface area contributed by atoms with Crippen LogP contribution in [-0.4, -0.2) is 36.6 Å². The van der Waals surface area contributed by atoms with Crippen LogP contribution in [0, 0.1) is 13.8 Å². The van der Waals surface area contributed by atoms with Gasteiger partial charge in [0.15, 0.2) is 0 Å². The van der Waals surface area contributed by atoms with Crippen LogP contribution in [0.5, 0.6) is 0 Å². The molecule has 1 aliphatic carbocycles. The molecule has 2 fully saturated rings. The second-order valence-corrected chi connectivity index (χ2v) is 15.3. The molecule has 0 radical (unpaired) electrons. The summed E-state index contributed by atoms with van der Waals surface area (Å²) in [5.74, 6) is 0. The summed E-state index contributed by atoms with van der Waals surface area (Å²) in [6.45, 7) is 21.2. The normalized spacial score (nSPS) is 21.6. The first-order chi connectivity index (χ1) is 21.1. The Bertz CT molecular complexity index is 1660. The topological polar surface area (TPSA) is 36.9 Å². The van der Waals surface area contributed by atoms with E-state index in [-0.39, 0.29) is 0 Å². The molecule has 2 saturated heterocycles.